The summed E-state index contributed by atoms with van der Waals surface area (Å²) in [5.74, 6) is -0.259. The Balaban J connectivity index is 1.96. The molecule has 7 heteroatoms. The van der Waals surface area contributed by atoms with Crippen LogP contribution in [0.4, 0.5) is 0 Å². The predicted molar refractivity (Wildman–Crippen MR) is 74.7 cm³/mol. The number of likely N-dealkylation sites (tertiary alicyclic amines) is 1. The van der Waals surface area contributed by atoms with Crippen molar-refractivity contribution < 1.29 is 4.79 Å². The first-order chi connectivity index (χ1) is 9.11. The zero-order valence-corrected chi connectivity index (χ0v) is 12.2. The lowest BCUT2D eigenvalue weighted by Crippen LogP contribution is -2.40. The summed E-state index contributed by atoms with van der Waals surface area (Å²) in [4.78, 5) is 14.4. The van der Waals surface area contributed by atoms with E-state index < -0.39 is 0 Å². The number of carbonyl (C=O) groups is 1. The molecular weight excluding hydrogens is 287 g/mol. The van der Waals surface area contributed by atoms with Gasteiger partial charge in [0.15, 0.2) is 10.3 Å². The molecule has 19 heavy (non-hydrogen) atoms. The molecule has 2 rings (SSSR count). The van der Waals surface area contributed by atoms with E-state index in [1.807, 2.05) is 0 Å². The van der Waals surface area contributed by atoms with E-state index in [1.165, 1.54) is 12.5 Å². The molecule has 1 aromatic heterocycles. The van der Waals surface area contributed by atoms with Gasteiger partial charge in [-0.25, -0.2) is 0 Å². The first kappa shape index (κ1) is 14.5. The van der Waals surface area contributed by atoms with Crippen molar-refractivity contribution in [2.24, 2.45) is 0 Å². The van der Waals surface area contributed by atoms with E-state index >= 15 is 0 Å². The molecule has 2 heterocycles. The van der Waals surface area contributed by atoms with Crippen LogP contribution in [0.15, 0.2) is 6.07 Å². The second kappa shape index (κ2) is 6.50. The highest BCUT2D eigenvalue weighted by Crippen LogP contribution is 2.17. The Morgan fingerprint density at radius 1 is 1.53 bits per heavy atom. The fourth-order valence-electron chi connectivity index (χ4n) is 2.36. The molecule has 0 aromatic carbocycles. The Labute approximate surface area is 122 Å². The van der Waals surface area contributed by atoms with Crippen LogP contribution in [0.5, 0.6) is 0 Å². The van der Waals surface area contributed by atoms with Crippen molar-refractivity contribution >= 4 is 29.1 Å². The van der Waals surface area contributed by atoms with E-state index in [4.69, 9.17) is 23.2 Å². The second-order valence-electron chi connectivity index (χ2n) is 4.51. The Morgan fingerprint density at radius 3 is 3.05 bits per heavy atom. The standard InChI is InChI=1S/C12H16Cl2N4O/c1-2-18-5-3-4-8(18)7-15-12(19)9-6-10(13)16-17-11(9)14/h6,8H,2-5,7H2,1H3,(H,15,19). The number of hydrogen-bond acceptors (Lipinski definition) is 4. The van der Waals surface area contributed by atoms with Gasteiger partial charge in [0.2, 0.25) is 0 Å². The third kappa shape index (κ3) is 3.55. The summed E-state index contributed by atoms with van der Waals surface area (Å²) in [6, 6.07) is 1.83. The molecule has 1 aliphatic heterocycles. The summed E-state index contributed by atoms with van der Waals surface area (Å²) in [5, 5.41) is 10.3. The highest BCUT2D eigenvalue weighted by atomic mass is 35.5. The molecule has 0 saturated carbocycles. The highest BCUT2D eigenvalue weighted by Gasteiger charge is 2.23. The molecule has 0 radical (unpaired) electrons. The molecular formula is C12H16Cl2N4O. The van der Waals surface area contributed by atoms with Crippen LogP contribution >= 0.6 is 23.2 Å². The molecule has 1 N–H and O–H groups in total. The van der Waals surface area contributed by atoms with E-state index in [1.54, 1.807) is 0 Å². The normalized spacial score (nSPS) is 19.6. The monoisotopic (exact) mass is 302 g/mol. The number of hydrogen-bond donors (Lipinski definition) is 1. The van der Waals surface area contributed by atoms with Crippen LogP contribution in [0.1, 0.15) is 30.1 Å². The summed E-state index contributed by atoms with van der Waals surface area (Å²) in [7, 11) is 0. The molecule has 5 nitrogen and oxygen atoms in total. The lowest BCUT2D eigenvalue weighted by molar-refractivity contribution is 0.0941. The van der Waals surface area contributed by atoms with Crippen molar-refractivity contribution in [3.63, 3.8) is 0 Å². The number of nitrogens with zero attached hydrogens (tertiary/aromatic N) is 3. The van der Waals surface area contributed by atoms with Crippen molar-refractivity contribution in [3.8, 4) is 0 Å². The third-order valence-electron chi connectivity index (χ3n) is 3.37. The maximum Gasteiger partial charge on any atom is 0.254 e. The quantitative estimate of drug-likeness (QED) is 0.924. The van der Waals surface area contributed by atoms with Crippen molar-refractivity contribution in [3.05, 3.63) is 21.9 Å². The van der Waals surface area contributed by atoms with Gasteiger partial charge in [-0.2, -0.15) is 0 Å². The lowest BCUT2D eigenvalue weighted by atomic mass is 10.2. The smallest absolute Gasteiger partial charge is 0.254 e. The van der Waals surface area contributed by atoms with Gasteiger partial charge in [-0.05, 0) is 32.0 Å². The van der Waals surface area contributed by atoms with E-state index in [0.717, 1.165) is 19.5 Å². The molecule has 1 saturated heterocycles. The summed E-state index contributed by atoms with van der Waals surface area (Å²) in [6.07, 6.45) is 2.29. The fourth-order valence-corrected chi connectivity index (χ4v) is 2.69. The molecule has 0 bridgehead atoms. The molecule has 0 spiro atoms. The van der Waals surface area contributed by atoms with Gasteiger partial charge in [0, 0.05) is 12.6 Å². The zero-order chi connectivity index (χ0) is 13.8. The van der Waals surface area contributed by atoms with Gasteiger partial charge in [-0.1, -0.05) is 30.1 Å². The van der Waals surface area contributed by atoms with Gasteiger partial charge in [-0.3, -0.25) is 9.69 Å². The minimum atomic E-state index is -0.259. The molecule has 1 aliphatic rings. The van der Waals surface area contributed by atoms with Crippen LogP contribution in [0.25, 0.3) is 0 Å². The third-order valence-corrected chi connectivity index (χ3v) is 3.83. The molecule has 1 fully saturated rings. The maximum atomic E-state index is 12.0. The van der Waals surface area contributed by atoms with Crippen molar-refractivity contribution in [2.45, 2.75) is 25.8 Å². The molecule has 1 unspecified atom stereocenters. The summed E-state index contributed by atoms with van der Waals surface area (Å²) >= 11 is 11.6. The lowest BCUT2D eigenvalue weighted by Gasteiger charge is -2.22. The van der Waals surface area contributed by atoms with Gasteiger partial charge >= 0.3 is 0 Å². The van der Waals surface area contributed by atoms with Gasteiger partial charge in [0.05, 0.1) is 5.56 Å². The fraction of sp³-hybridized carbons (Fsp3) is 0.583. The Kier molecular flexibility index (Phi) is 4.96. The van der Waals surface area contributed by atoms with Crippen molar-refractivity contribution in [2.75, 3.05) is 19.6 Å². The molecule has 1 amide bonds. The van der Waals surface area contributed by atoms with Crippen molar-refractivity contribution in [1.29, 1.82) is 0 Å². The zero-order valence-electron chi connectivity index (χ0n) is 10.7. The average molecular weight is 303 g/mol. The maximum absolute atomic E-state index is 12.0. The SMILES string of the molecule is CCN1CCCC1CNC(=O)c1cc(Cl)nnc1Cl. The number of nitrogens with one attached hydrogen (secondary N) is 1. The summed E-state index contributed by atoms with van der Waals surface area (Å²) < 4.78 is 0. The molecule has 1 atom stereocenters. The first-order valence-electron chi connectivity index (χ1n) is 6.32. The molecule has 104 valence electrons. The van der Waals surface area contributed by atoms with Crippen LogP contribution in [0.2, 0.25) is 10.3 Å². The Hall–Kier alpha value is -0.910. The largest absolute Gasteiger partial charge is 0.350 e. The van der Waals surface area contributed by atoms with E-state index in [9.17, 15) is 4.79 Å². The first-order valence-corrected chi connectivity index (χ1v) is 7.08. The highest BCUT2D eigenvalue weighted by molar-refractivity contribution is 6.34. The number of rotatable bonds is 4. The number of likely N-dealkylation sites (N-methyl/N-ethyl adjacent to an activating group) is 1. The van der Waals surface area contributed by atoms with Crippen LogP contribution < -0.4 is 5.32 Å². The topological polar surface area (TPSA) is 58.1 Å². The number of halogens is 2. The van der Waals surface area contributed by atoms with Crippen LogP contribution in [-0.2, 0) is 0 Å². The van der Waals surface area contributed by atoms with E-state index in [2.05, 4.69) is 27.3 Å². The Morgan fingerprint density at radius 2 is 2.32 bits per heavy atom. The Bertz CT molecular complexity index is 469. The van der Waals surface area contributed by atoms with Gasteiger partial charge in [-0.15, -0.1) is 10.2 Å². The molecule has 0 aliphatic carbocycles. The predicted octanol–water partition coefficient (Wildman–Crippen LogP) is 2.00. The van der Waals surface area contributed by atoms with Crippen molar-refractivity contribution in [1.82, 2.24) is 20.4 Å². The van der Waals surface area contributed by atoms with Gasteiger partial charge in [0.1, 0.15) is 0 Å². The number of aromatic nitrogens is 2. The minimum Gasteiger partial charge on any atom is -0.350 e. The van der Waals surface area contributed by atoms with Crippen LogP contribution in [0, 0.1) is 0 Å². The van der Waals surface area contributed by atoms with Crippen LogP contribution in [-0.4, -0.2) is 46.7 Å². The van der Waals surface area contributed by atoms with E-state index in [-0.39, 0.29) is 21.8 Å². The van der Waals surface area contributed by atoms with Gasteiger partial charge < -0.3 is 5.32 Å². The number of carbonyl (C=O) groups excluding carboxylic acids is 1. The molecule has 1 aromatic rings. The van der Waals surface area contributed by atoms with Crippen LogP contribution in [0.3, 0.4) is 0 Å². The number of amides is 1. The summed E-state index contributed by atoms with van der Waals surface area (Å²) in [5.41, 5.74) is 0.266. The second-order valence-corrected chi connectivity index (χ2v) is 5.25. The summed E-state index contributed by atoms with van der Waals surface area (Å²) in [6.45, 7) is 4.84. The minimum absolute atomic E-state index is 0.0701. The average Bonchev–Trinajstić information content (AvgIpc) is 2.86. The van der Waals surface area contributed by atoms with Gasteiger partial charge in [0.25, 0.3) is 5.91 Å². The van der Waals surface area contributed by atoms with E-state index in [0.29, 0.717) is 12.6 Å².